The molecule has 0 spiro atoms. The molecule has 0 aliphatic heterocycles. The molecule has 0 amide bonds. The van der Waals surface area contributed by atoms with Crippen LogP contribution in [0.1, 0.15) is 27.0 Å². The Morgan fingerprint density at radius 2 is 1.12 bits per heavy atom. The molecule has 33 heavy (non-hydrogen) atoms. The minimum Gasteiger partial charge on any atom is -0.378 e. The van der Waals surface area contributed by atoms with Crippen LogP contribution in [0, 0.1) is 0 Å². The van der Waals surface area contributed by atoms with Crippen LogP contribution < -0.4 is 9.80 Å². The van der Waals surface area contributed by atoms with Gasteiger partial charge >= 0.3 is 0 Å². The topological polar surface area (TPSA) is 40.6 Å². The van der Waals surface area contributed by atoms with E-state index in [-0.39, 0.29) is 16.5 Å². The Hall–Kier alpha value is -3.43. The van der Waals surface area contributed by atoms with E-state index in [1.807, 2.05) is 46.4 Å². The zero-order valence-corrected chi connectivity index (χ0v) is 20.1. The predicted octanol–water partition coefficient (Wildman–Crippen LogP) is 5.10. The molecule has 4 rings (SSSR count). The number of Topliss-reactive ketones (excluding diaryl/α,β-unsaturated/α-hetero) is 1. The van der Waals surface area contributed by atoms with Crippen LogP contribution in [0.5, 0.6) is 0 Å². The van der Waals surface area contributed by atoms with E-state index >= 15 is 0 Å². The number of benzene rings is 3. The molecule has 1 aliphatic carbocycles. The average Bonchev–Trinajstić information content (AvgIpc) is 2.80. The summed E-state index contributed by atoms with van der Waals surface area (Å²) in [4.78, 5) is 28.9. The molecule has 0 aromatic heterocycles. The van der Waals surface area contributed by atoms with Gasteiger partial charge in [0.15, 0.2) is 0 Å². The van der Waals surface area contributed by atoms with Crippen molar-refractivity contribution in [1.29, 1.82) is 0 Å². The molecule has 170 valence electrons. The minimum atomic E-state index is -0.486. The van der Waals surface area contributed by atoms with Crippen LogP contribution in [0.3, 0.4) is 0 Å². The predicted molar refractivity (Wildman–Crippen MR) is 132 cm³/mol. The van der Waals surface area contributed by atoms with Crippen LogP contribution in [0.25, 0.3) is 11.1 Å². The summed E-state index contributed by atoms with van der Waals surface area (Å²) < 4.78 is 0. The first-order chi connectivity index (χ1) is 15.3. The summed E-state index contributed by atoms with van der Waals surface area (Å²) in [6, 6.07) is 23.9. The molecule has 4 nitrogen and oxygen atoms in total. The van der Waals surface area contributed by atoms with Crippen LogP contribution >= 0.6 is 0 Å². The smallest absolute Gasteiger partial charge is 0.233 e. The number of carbonyl (C=O) groups excluding carboxylic acids is 2. The second-order valence-electron chi connectivity index (χ2n) is 8.28. The first-order valence-corrected chi connectivity index (χ1v) is 10.5. The number of anilines is 2. The maximum Gasteiger partial charge on any atom is 0.233 e. The Kier molecular flexibility index (Phi) is 7.35. The summed E-state index contributed by atoms with van der Waals surface area (Å²) >= 11 is 0. The monoisotopic (exact) mass is 480 g/mol. The van der Waals surface area contributed by atoms with Crippen molar-refractivity contribution in [3.63, 3.8) is 0 Å². The van der Waals surface area contributed by atoms with Crippen molar-refractivity contribution in [3.8, 4) is 0 Å². The Labute approximate surface area is 205 Å². The van der Waals surface area contributed by atoms with Crippen molar-refractivity contribution < 1.29 is 26.1 Å². The summed E-state index contributed by atoms with van der Waals surface area (Å²) in [5, 5.41) is 0. The van der Waals surface area contributed by atoms with Crippen LogP contribution in [0.4, 0.5) is 11.4 Å². The van der Waals surface area contributed by atoms with Crippen LogP contribution in [0.15, 0.2) is 84.9 Å². The number of fused-ring (bicyclic) bond motifs is 1. The molecular weight excluding hydrogens is 455 g/mol. The van der Waals surface area contributed by atoms with Gasteiger partial charge in [-0.15, -0.1) is 0 Å². The molecular formula is C28H26N2NiO2. The van der Waals surface area contributed by atoms with E-state index in [4.69, 9.17) is 0 Å². The van der Waals surface area contributed by atoms with E-state index < -0.39 is 11.6 Å². The molecule has 0 fully saturated rings. The maximum atomic E-state index is 12.4. The molecule has 3 aromatic rings. The van der Waals surface area contributed by atoms with E-state index in [1.54, 1.807) is 12.1 Å². The van der Waals surface area contributed by atoms with Crippen LogP contribution in [-0.2, 0) is 21.3 Å². The van der Waals surface area contributed by atoms with Gasteiger partial charge in [0.05, 0.1) is 0 Å². The molecule has 5 heteroatoms. The van der Waals surface area contributed by atoms with Gasteiger partial charge in [-0.2, -0.15) is 0 Å². The molecule has 0 atom stereocenters. The normalized spacial score (nSPS) is 12.3. The third-order valence-corrected chi connectivity index (χ3v) is 5.68. The number of hydrogen-bond donors (Lipinski definition) is 0. The molecule has 3 aromatic carbocycles. The number of carbonyl (C=O) groups is 2. The van der Waals surface area contributed by atoms with Crippen LogP contribution in [0.2, 0.25) is 0 Å². The fourth-order valence-electron chi connectivity index (χ4n) is 3.84. The molecule has 0 N–H and O–H groups in total. The summed E-state index contributed by atoms with van der Waals surface area (Å²) in [6.07, 6.45) is 3.46. The van der Waals surface area contributed by atoms with E-state index in [1.165, 1.54) is 6.08 Å². The fraction of sp³-hybridized carbons (Fsp3) is 0.143. The molecule has 0 heterocycles. The van der Waals surface area contributed by atoms with Gasteiger partial charge in [0.2, 0.25) is 11.6 Å². The Morgan fingerprint density at radius 3 is 1.58 bits per heavy atom. The SMILES string of the molecule is CN(C)c1ccc(C(=CC2=CC(=O)C(=O)c3ccccc32)c2ccc(N(C)C)cc2)cc1.[Ni]. The van der Waals surface area contributed by atoms with Crippen molar-refractivity contribution in [2.45, 2.75) is 0 Å². The van der Waals surface area contributed by atoms with Gasteiger partial charge in [0.1, 0.15) is 0 Å². The summed E-state index contributed by atoms with van der Waals surface area (Å²) in [7, 11) is 8.05. The number of hydrogen-bond acceptors (Lipinski definition) is 4. The zero-order chi connectivity index (χ0) is 22.8. The second-order valence-corrected chi connectivity index (χ2v) is 8.28. The van der Waals surface area contributed by atoms with Crippen molar-refractivity contribution >= 4 is 34.1 Å². The Bertz CT molecular complexity index is 1180. The molecule has 0 radical (unpaired) electrons. The maximum absolute atomic E-state index is 12.4. The van der Waals surface area contributed by atoms with E-state index in [9.17, 15) is 9.59 Å². The Morgan fingerprint density at radius 1 is 0.667 bits per heavy atom. The summed E-state index contributed by atoms with van der Waals surface area (Å²) in [5.41, 5.74) is 7.27. The van der Waals surface area contributed by atoms with Crippen LogP contribution in [-0.4, -0.2) is 39.8 Å². The number of rotatable bonds is 5. The van der Waals surface area contributed by atoms with Gasteiger partial charge in [0.25, 0.3) is 0 Å². The third-order valence-electron chi connectivity index (χ3n) is 5.68. The number of ketones is 2. The first-order valence-electron chi connectivity index (χ1n) is 10.5. The summed E-state index contributed by atoms with van der Waals surface area (Å²) in [6.45, 7) is 0. The molecule has 0 saturated carbocycles. The van der Waals surface area contributed by atoms with Gasteiger partial charge in [-0.25, -0.2) is 0 Å². The molecule has 1 aliphatic rings. The average molecular weight is 481 g/mol. The van der Waals surface area contributed by atoms with E-state index in [0.29, 0.717) is 5.56 Å². The van der Waals surface area contributed by atoms with Gasteiger partial charge in [-0.05, 0) is 64.3 Å². The first kappa shape index (κ1) is 24.2. The minimum absolute atomic E-state index is 0. The van der Waals surface area contributed by atoms with E-state index in [2.05, 4.69) is 58.3 Å². The number of allylic oxidation sites excluding steroid dienone is 3. The van der Waals surface area contributed by atoms with E-state index in [0.717, 1.165) is 39.2 Å². The van der Waals surface area contributed by atoms with Gasteiger partial charge in [-0.1, -0.05) is 48.5 Å². The largest absolute Gasteiger partial charge is 0.378 e. The molecule has 0 bridgehead atoms. The van der Waals surface area contributed by atoms with Gasteiger partial charge < -0.3 is 9.80 Å². The van der Waals surface area contributed by atoms with Gasteiger partial charge in [-0.3, -0.25) is 9.59 Å². The second kappa shape index (κ2) is 10.0. The zero-order valence-electron chi connectivity index (χ0n) is 19.1. The third kappa shape index (κ3) is 4.99. The van der Waals surface area contributed by atoms with Crippen molar-refractivity contribution in [2.75, 3.05) is 38.0 Å². The Balaban J connectivity index is 0.00000306. The van der Waals surface area contributed by atoms with Gasteiger partial charge in [0, 0.05) is 61.6 Å². The molecule has 0 unspecified atom stereocenters. The standard InChI is InChI=1S/C28H26N2O2.Ni/c1-29(2)22-13-9-19(10-14-22)26(20-11-15-23(16-12-20)30(3)4)17-21-18-27(31)28(32)25-8-6-5-7-24(21)25;/h5-18H,1-4H3;. The molecule has 0 saturated heterocycles. The van der Waals surface area contributed by atoms with Crippen molar-refractivity contribution in [3.05, 3.63) is 107 Å². The fourth-order valence-corrected chi connectivity index (χ4v) is 3.84. The van der Waals surface area contributed by atoms with Crippen molar-refractivity contribution in [2.24, 2.45) is 0 Å². The van der Waals surface area contributed by atoms with Crippen molar-refractivity contribution in [1.82, 2.24) is 0 Å². The number of nitrogens with zero attached hydrogens (tertiary/aromatic N) is 2. The summed E-state index contributed by atoms with van der Waals surface area (Å²) in [5.74, 6) is -0.940. The quantitative estimate of drug-likeness (QED) is 0.376.